The van der Waals surface area contributed by atoms with Crippen LogP contribution in [0.3, 0.4) is 0 Å². The van der Waals surface area contributed by atoms with Gasteiger partial charge < -0.3 is 4.98 Å². The van der Waals surface area contributed by atoms with E-state index < -0.39 is 17.5 Å². The van der Waals surface area contributed by atoms with Crippen molar-refractivity contribution >= 4 is 10.9 Å². The van der Waals surface area contributed by atoms with Crippen LogP contribution in [0.25, 0.3) is 10.9 Å². The van der Waals surface area contributed by atoms with Gasteiger partial charge >= 0.3 is 0 Å². The van der Waals surface area contributed by atoms with Gasteiger partial charge in [-0.1, -0.05) is 6.92 Å². The largest absolute Gasteiger partial charge is 0.356 e. The Balaban J connectivity index is 2.28. The molecule has 0 spiro atoms. The quantitative estimate of drug-likeness (QED) is 0.775. The molecule has 96 valence electrons. The van der Waals surface area contributed by atoms with E-state index >= 15 is 0 Å². The van der Waals surface area contributed by atoms with E-state index in [0.29, 0.717) is 24.6 Å². The molecule has 1 aromatic heterocycles. The number of fused-ring (bicyclic) bond motifs is 3. The molecule has 0 atom stereocenters. The van der Waals surface area contributed by atoms with Crippen molar-refractivity contribution in [3.05, 3.63) is 34.8 Å². The molecule has 0 aliphatic carbocycles. The summed E-state index contributed by atoms with van der Waals surface area (Å²) < 4.78 is 40.8. The second-order valence-corrected chi connectivity index (χ2v) is 4.61. The van der Waals surface area contributed by atoms with Crippen molar-refractivity contribution in [2.45, 2.75) is 19.9 Å². The highest BCUT2D eigenvalue weighted by atomic mass is 19.2. The Morgan fingerprint density at radius 2 is 2.06 bits per heavy atom. The summed E-state index contributed by atoms with van der Waals surface area (Å²) in [6.45, 7) is 4.23. The number of likely N-dealkylation sites (N-methyl/N-ethyl adjacent to an activating group) is 1. The number of hydrogen-bond acceptors (Lipinski definition) is 1. The molecule has 0 amide bonds. The van der Waals surface area contributed by atoms with Crippen molar-refractivity contribution < 1.29 is 13.2 Å². The van der Waals surface area contributed by atoms with E-state index in [9.17, 15) is 13.2 Å². The highest BCUT2D eigenvalue weighted by Crippen LogP contribution is 2.32. The molecule has 2 aromatic rings. The monoisotopic (exact) mass is 254 g/mol. The summed E-state index contributed by atoms with van der Waals surface area (Å²) in [6.07, 6.45) is 0.707. The predicted octanol–water partition coefficient (Wildman–Crippen LogP) is 2.96. The first-order chi connectivity index (χ1) is 8.61. The first-order valence-corrected chi connectivity index (χ1v) is 6.01. The van der Waals surface area contributed by atoms with E-state index in [1.807, 2.05) is 6.92 Å². The zero-order chi connectivity index (χ0) is 12.9. The van der Waals surface area contributed by atoms with Crippen LogP contribution in [0.2, 0.25) is 0 Å². The maximum Gasteiger partial charge on any atom is 0.168 e. The molecule has 3 rings (SSSR count). The number of benzene rings is 1. The summed E-state index contributed by atoms with van der Waals surface area (Å²) in [5, 5.41) is 0.0700. The summed E-state index contributed by atoms with van der Waals surface area (Å²) >= 11 is 0. The van der Waals surface area contributed by atoms with Crippen LogP contribution in [-0.2, 0) is 13.0 Å². The van der Waals surface area contributed by atoms with E-state index in [1.165, 1.54) is 0 Å². The fourth-order valence-electron chi connectivity index (χ4n) is 2.61. The van der Waals surface area contributed by atoms with E-state index in [-0.39, 0.29) is 10.9 Å². The summed E-state index contributed by atoms with van der Waals surface area (Å²) in [6, 6.07) is 0.594. The van der Waals surface area contributed by atoms with Gasteiger partial charge in [0.1, 0.15) is 5.82 Å². The molecule has 2 nitrogen and oxygen atoms in total. The van der Waals surface area contributed by atoms with Crippen LogP contribution in [0.1, 0.15) is 18.2 Å². The lowest BCUT2D eigenvalue weighted by Crippen LogP contribution is -2.29. The molecule has 1 N–H and O–H groups in total. The van der Waals surface area contributed by atoms with Gasteiger partial charge in [-0.05, 0) is 12.1 Å². The van der Waals surface area contributed by atoms with Crippen LogP contribution >= 0.6 is 0 Å². The Morgan fingerprint density at radius 1 is 1.28 bits per heavy atom. The fourth-order valence-corrected chi connectivity index (χ4v) is 2.61. The molecule has 2 heterocycles. The summed E-state index contributed by atoms with van der Waals surface area (Å²) in [5.41, 5.74) is 1.59. The van der Waals surface area contributed by atoms with Gasteiger partial charge in [-0.25, -0.2) is 13.2 Å². The second-order valence-electron chi connectivity index (χ2n) is 4.61. The van der Waals surface area contributed by atoms with Gasteiger partial charge in [0.15, 0.2) is 11.6 Å². The molecule has 0 radical (unpaired) electrons. The van der Waals surface area contributed by atoms with Crippen LogP contribution in [0.15, 0.2) is 6.07 Å². The lowest BCUT2D eigenvalue weighted by Gasteiger charge is -2.25. The topological polar surface area (TPSA) is 19.0 Å². The van der Waals surface area contributed by atoms with E-state index in [4.69, 9.17) is 0 Å². The summed E-state index contributed by atoms with van der Waals surface area (Å²) in [7, 11) is 0. The first kappa shape index (κ1) is 11.6. The average Bonchev–Trinajstić information content (AvgIpc) is 2.75. The Hall–Kier alpha value is -1.49. The molecule has 18 heavy (non-hydrogen) atoms. The van der Waals surface area contributed by atoms with Crippen molar-refractivity contribution in [3.63, 3.8) is 0 Å². The number of rotatable bonds is 1. The molecule has 0 bridgehead atoms. The number of aromatic nitrogens is 1. The van der Waals surface area contributed by atoms with Crippen molar-refractivity contribution in [3.8, 4) is 0 Å². The molecule has 0 saturated carbocycles. The van der Waals surface area contributed by atoms with Crippen LogP contribution in [0, 0.1) is 17.5 Å². The van der Waals surface area contributed by atoms with Crippen LogP contribution in [0.5, 0.6) is 0 Å². The Kier molecular flexibility index (Phi) is 2.59. The Bertz CT molecular complexity index is 618. The predicted molar refractivity (Wildman–Crippen MR) is 62.8 cm³/mol. The third kappa shape index (κ3) is 1.54. The molecule has 0 unspecified atom stereocenters. The Morgan fingerprint density at radius 3 is 2.78 bits per heavy atom. The van der Waals surface area contributed by atoms with Gasteiger partial charge in [0.05, 0.1) is 5.52 Å². The van der Waals surface area contributed by atoms with Crippen LogP contribution in [-0.4, -0.2) is 23.0 Å². The number of halogens is 3. The van der Waals surface area contributed by atoms with Crippen molar-refractivity contribution in [1.29, 1.82) is 0 Å². The average molecular weight is 254 g/mol. The fraction of sp³-hybridized carbons (Fsp3) is 0.385. The Labute approximate surface area is 102 Å². The number of hydrogen-bond donors (Lipinski definition) is 1. The van der Waals surface area contributed by atoms with Gasteiger partial charge in [0.25, 0.3) is 0 Å². The van der Waals surface area contributed by atoms with E-state index in [0.717, 1.165) is 18.8 Å². The third-order valence-electron chi connectivity index (χ3n) is 3.62. The minimum Gasteiger partial charge on any atom is -0.356 e. The lowest BCUT2D eigenvalue weighted by molar-refractivity contribution is 0.268. The van der Waals surface area contributed by atoms with E-state index in [2.05, 4.69) is 9.88 Å². The molecule has 1 aromatic carbocycles. The van der Waals surface area contributed by atoms with Crippen LogP contribution in [0.4, 0.5) is 13.2 Å². The highest BCUT2D eigenvalue weighted by molar-refractivity contribution is 5.86. The lowest BCUT2D eigenvalue weighted by atomic mass is 10.0. The highest BCUT2D eigenvalue weighted by Gasteiger charge is 2.25. The van der Waals surface area contributed by atoms with Gasteiger partial charge in [-0.2, -0.15) is 0 Å². The van der Waals surface area contributed by atoms with Crippen molar-refractivity contribution in [2.75, 3.05) is 13.1 Å². The number of H-pyrrole nitrogens is 1. The normalized spacial score (nSPS) is 16.2. The molecule has 1 aliphatic rings. The maximum absolute atomic E-state index is 13.9. The van der Waals surface area contributed by atoms with Gasteiger partial charge in [-0.15, -0.1) is 0 Å². The third-order valence-corrected chi connectivity index (χ3v) is 3.62. The first-order valence-electron chi connectivity index (χ1n) is 6.01. The SMILES string of the molecule is CCN1CCc2[nH]c3c(F)cc(F)c(F)c3c2C1. The number of nitrogens with zero attached hydrogens (tertiary/aromatic N) is 1. The van der Waals surface area contributed by atoms with Crippen molar-refractivity contribution in [2.24, 2.45) is 0 Å². The van der Waals surface area contributed by atoms with Gasteiger partial charge in [0, 0.05) is 36.7 Å². The smallest absolute Gasteiger partial charge is 0.168 e. The minimum atomic E-state index is -1.13. The minimum absolute atomic E-state index is 0.0700. The molecule has 0 fully saturated rings. The molecule has 1 aliphatic heterocycles. The van der Waals surface area contributed by atoms with E-state index in [1.54, 1.807) is 0 Å². The van der Waals surface area contributed by atoms with Gasteiger partial charge in [-0.3, -0.25) is 4.90 Å². The second kappa shape index (κ2) is 4.02. The zero-order valence-electron chi connectivity index (χ0n) is 9.99. The number of nitrogens with one attached hydrogen (secondary N) is 1. The standard InChI is InChI=1S/C13H13F3N2/c1-2-18-4-3-10-7(6-18)11-12(16)8(14)5-9(15)13(11)17-10/h5,17H,2-4,6H2,1H3. The summed E-state index contributed by atoms with van der Waals surface area (Å²) in [5.74, 6) is -2.82. The molecular formula is C13H13F3N2. The summed E-state index contributed by atoms with van der Waals surface area (Å²) in [4.78, 5) is 5.01. The molecular weight excluding hydrogens is 241 g/mol. The van der Waals surface area contributed by atoms with Crippen molar-refractivity contribution in [1.82, 2.24) is 9.88 Å². The maximum atomic E-state index is 13.9. The molecule has 5 heteroatoms. The number of aromatic amines is 1. The van der Waals surface area contributed by atoms with Gasteiger partial charge in [0.2, 0.25) is 0 Å². The molecule has 0 saturated heterocycles. The zero-order valence-corrected chi connectivity index (χ0v) is 9.99. The van der Waals surface area contributed by atoms with Crippen LogP contribution < -0.4 is 0 Å².